The van der Waals surface area contributed by atoms with Gasteiger partial charge in [0, 0.05) is 38.3 Å². The number of nitrogens with one attached hydrogen (secondary N) is 2. The van der Waals surface area contributed by atoms with Gasteiger partial charge in [0.2, 0.25) is 11.8 Å². The summed E-state index contributed by atoms with van der Waals surface area (Å²) in [4.78, 5) is 26.2. The van der Waals surface area contributed by atoms with Gasteiger partial charge in [-0.3, -0.25) is 9.59 Å². The average molecular weight is 484 g/mol. The molecule has 1 aliphatic rings. The number of rotatable bonds is 7. The Labute approximate surface area is 193 Å². The third-order valence-corrected chi connectivity index (χ3v) is 5.25. The smallest absolute Gasteiger partial charge is 0.256 e. The van der Waals surface area contributed by atoms with Crippen molar-refractivity contribution in [3.63, 3.8) is 0 Å². The van der Waals surface area contributed by atoms with Crippen molar-refractivity contribution >= 4 is 34.9 Å². The van der Waals surface area contributed by atoms with Crippen molar-refractivity contribution in [2.24, 2.45) is 0 Å². The van der Waals surface area contributed by atoms with Gasteiger partial charge in [0.05, 0.1) is 32.1 Å². The fourth-order valence-electron chi connectivity index (χ4n) is 3.25. The summed E-state index contributed by atoms with van der Waals surface area (Å²) in [5, 5.41) is 21.8. The maximum Gasteiger partial charge on any atom is 0.256 e. The summed E-state index contributed by atoms with van der Waals surface area (Å²) in [6, 6.07) is 2.32. The Kier molecular flexibility index (Phi) is 8.06. The molecule has 0 aliphatic carbocycles. The van der Waals surface area contributed by atoms with Gasteiger partial charge in [0.1, 0.15) is 18.0 Å². The predicted octanol–water partition coefficient (Wildman–Crippen LogP) is -0.676. The molecular formula is C19H23F2N7O4S. The van der Waals surface area contributed by atoms with Gasteiger partial charge in [-0.2, -0.15) is 0 Å². The van der Waals surface area contributed by atoms with Crippen molar-refractivity contribution in [1.82, 2.24) is 30.5 Å². The normalized spacial score (nSPS) is 13.6. The highest BCUT2D eigenvalue weighted by atomic mass is 32.1. The Morgan fingerprint density at radius 2 is 1.85 bits per heavy atom. The van der Waals surface area contributed by atoms with Crippen molar-refractivity contribution < 1.29 is 28.2 Å². The van der Waals surface area contributed by atoms with Crippen molar-refractivity contribution in [2.45, 2.75) is 6.54 Å². The van der Waals surface area contributed by atoms with E-state index in [0.717, 1.165) is 12.1 Å². The van der Waals surface area contributed by atoms with E-state index in [1.54, 1.807) is 0 Å². The second-order valence-corrected chi connectivity index (χ2v) is 7.43. The zero-order valence-electron chi connectivity index (χ0n) is 17.8. The zero-order chi connectivity index (χ0) is 24.0. The fourth-order valence-corrected chi connectivity index (χ4v) is 3.32. The molecule has 1 aromatic carbocycles. The summed E-state index contributed by atoms with van der Waals surface area (Å²) >= 11 is 4.88. The Morgan fingerprint density at radius 3 is 2.45 bits per heavy atom. The second kappa shape index (κ2) is 11.0. The van der Waals surface area contributed by atoms with Crippen LogP contribution in [0, 0.1) is 11.6 Å². The molecule has 0 unspecified atom stereocenters. The Hall–Kier alpha value is -3.39. The van der Waals surface area contributed by atoms with E-state index in [4.69, 9.17) is 22.1 Å². The number of methoxy groups -OCH3 is 1. The first kappa shape index (κ1) is 24.3. The third kappa shape index (κ3) is 6.10. The number of hydrogen-bond donors (Lipinski definition) is 3. The molecule has 1 aliphatic heterocycles. The highest BCUT2D eigenvalue weighted by molar-refractivity contribution is 7.80. The molecule has 33 heavy (non-hydrogen) atoms. The number of aliphatic hydroxyl groups excluding tert-OH is 1. The second-order valence-electron chi connectivity index (χ2n) is 7.06. The number of carbonyl (C=O) groups excluding carboxylic acids is 2. The lowest BCUT2D eigenvalue weighted by molar-refractivity contribution is -0.133. The summed E-state index contributed by atoms with van der Waals surface area (Å²) in [5.41, 5.74) is 0.470. The van der Waals surface area contributed by atoms with E-state index in [1.165, 1.54) is 27.8 Å². The minimum absolute atomic E-state index is 0.162. The molecule has 0 saturated carbocycles. The van der Waals surface area contributed by atoms with Crippen LogP contribution in [0.3, 0.4) is 0 Å². The van der Waals surface area contributed by atoms with Crippen LogP contribution in [0.2, 0.25) is 0 Å². The molecule has 1 fully saturated rings. The number of halogens is 2. The minimum atomic E-state index is -0.768. The maximum atomic E-state index is 14.9. The Morgan fingerprint density at radius 1 is 1.18 bits per heavy atom. The van der Waals surface area contributed by atoms with Crippen LogP contribution in [0.4, 0.5) is 14.5 Å². The number of thiocarbonyl (C=S) groups is 1. The summed E-state index contributed by atoms with van der Waals surface area (Å²) < 4.78 is 35.8. The molecule has 2 aromatic rings. The van der Waals surface area contributed by atoms with E-state index in [2.05, 4.69) is 20.9 Å². The van der Waals surface area contributed by atoms with E-state index in [0.29, 0.717) is 5.69 Å². The molecule has 11 nitrogen and oxygen atoms in total. The molecule has 1 saturated heterocycles. The monoisotopic (exact) mass is 483 g/mol. The van der Waals surface area contributed by atoms with Crippen molar-refractivity contribution in [3.05, 3.63) is 35.7 Å². The highest BCUT2D eigenvalue weighted by Gasteiger charge is 2.26. The van der Waals surface area contributed by atoms with Crippen LogP contribution in [-0.4, -0.2) is 88.4 Å². The van der Waals surface area contributed by atoms with Gasteiger partial charge in [-0.25, -0.2) is 13.5 Å². The van der Waals surface area contributed by atoms with E-state index < -0.39 is 24.1 Å². The minimum Gasteiger partial charge on any atom is -0.474 e. The number of amides is 2. The lowest BCUT2D eigenvalue weighted by atomic mass is 10.2. The molecule has 0 bridgehead atoms. The van der Waals surface area contributed by atoms with Crippen LogP contribution < -0.4 is 15.5 Å². The summed E-state index contributed by atoms with van der Waals surface area (Å²) in [7, 11) is 1.43. The first-order valence-electron chi connectivity index (χ1n) is 9.95. The van der Waals surface area contributed by atoms with Crippen LogP contribution in [0.1, 0.15) is 5.69 Å². The molecule has 178 valence electrons. The highest BCUT2D eigenvalue weighted by Crippen LogP contribution is 2.27. The van der Waals surface area contributed by atoms with E-state index in [9.17, 15) is 18.4 Å². The van der Waals surface area contributed by atoms with Crippen LogP contribution >= 0.6 is 12.2 Å². The van der Waals surface area contributed by atoms with Crippen LogP contribution in [0.25, 0.3) is 5.69 Å². The molecule has 3 rings (SSSR count). The molecule has 3 N–H and O–H groups in total. The Balaban J connectivity index is 1.63. The average Bonchev–Trinajstić information content (AvgIpc) is 3.29. The number of aliphatic hydroxyl groups is 1. The first-order valence-corrected chi connectivity index (χ1v) is 10.4. The van der Waals surface area contributed by atoms with Crippen LogP contribution in [0.15, 0.2) is 18.3 Å². The zero-order valence-corrected chi connectivity index (χ0v) is 18.6. The maximum absolute atomic E-state index is 14.9. The molecule has 2 amide bonds. The largest absolute Gasteiger partial charge is 0.474 e. The number of piperazine rings is 1. The third-order valence-electron chi connectivity index (χ3n) is 4.94. The van der Waals surface area contributed by atoms with Crippen molar-refractivity contribution in [1.29, 1.82) is 0 Å². The molecule has 0 atom stereocenters. The van der Waals surface area contributed by atoms with Crippen LogP contribution in [-0.2, 0) is 20.9 Å². The molecule has 0 radical (unpaired) electrons. The van der Waals surface area contributed by atoms with Gasteiger partial charge >= 0.3 is 0 Å². The van der Waals surface area contributed by atoms with Gasteiger partial charge < -0.3 is 30.3 Å². The summed E-state index contributed by atoms with van der Waals surface area (Å²) in [6.07, 6.45) is 1.51. The topological polar surface area (TPSA) is 125 Å². The van der Waals surface area contributed by atoms with Gasteiger partial charge in [0.15, 0.2) is 11.6 Å². The standard InChI is InChI=1S/C19H23F2N7O4S/c1-32-19(33)23-8-12-10-28(25-24-12)13-6-14(20)18(15(21)7-13)27-4-2-26(3-5-27)17(31)9-22-16(30)11-29/h6-7,10,29H,2-5,8-9,11H2,1H3,(H,22,30)(H,23,33). The first-order chi connectivity index (χ1) is 15.8. The van der Waals surface area contributed by atoms with Crippen molar-refractivity contribution in [3.8, 4) is 5.69 Å². The van der Waals surface area contributed by atoms with E-state index in [1.807, 2.05) is 0 Å². The molecule has 1 aromatic heterocycles. The molecular weight excluding hydrogens is 460 g/mol. The quantitative estimate of drug-likeness (QED) is 0.440. The van der Waals surface area contributed by atoms with Crippen molar-refractivity contribution in [2.75, 3.05) is 51.3 Å². The number of nitrogens with zero attached hydrogens (tertiary/aromatic N) is 5. The van der Waals surface area contributed by atoms with Gasteiger partial charge in [-0.05, 0) is 12.2 Å². The lowest BCUT2D eigenvalue weighted by Crippen LogP contribution is -2.51. The Bertz CT molecular complexity index is 1000. The number of aromatic nitrogens is 3. The number of hydrogen-bond acceptors (Lipinski definition) is 8. The molecule has 2 heterocycles. The SMILES string of the molecule is COC(=S)NCc1cn(-c2cc(F)c(N3CCN(C(=O)CNC(=O)CO)CC3)c(F)c2)nn1. The number of ether oxygens (including phenoxy) is 1. The number of anilines is 1. The lowest BCUT2D eigenvalue weighted by Gasteiger charge is -2.36. The van der Waals surface area contributed by atoms with E-state index in [-0.39, 0.29) is 61.7 Å². The number of benzene rings is 1. The predicted molar refractivity (Wildman–Crippen MR) is 117 cm³/mol. The van der Waals surface area contributed by atoms with Crippen LogP contribution in [0.5, 0.6) is 0 Å². The number of carbonyl (C=O) groups is 2. The fraction of sp³-hybridized carbons (Fsp3) is 0.421. The summed E-state index contributed by atoms with van der Waals surface area (Å²) in [6.45, 7) is 0.182. The summed E-state index contributed by atoms with van der Waals surface area (Å²) in [5.74, 6) is -2.53. The van der Waals surface area contributed by atoms with Gasteiger partial charge in [0.25, 0.3) is 5.17 Å². The molecule has 0 spiro atoms. The van der Waals surface area contributed by atoms with E-state index >= 15 is 0 Å². The van der Waals surface area contributed by atoms with Gasteiger partial charge in [-0.1, -0.05) is 5.21 Å². The molecule has 14 heteroatoms. The van der Waals surface area contributed by atoms with Gasteiger partial charge in [-0.15, -0.1) is 5.10 Å².